The monoisotopic (exact) mass is 313 g/mol. The lowest BCUT2D eigenvalue weighted by atomic mass is 10.4. The third-order valence-corrected chi connectivity index (χ3v) is 3.87. The first-order valence-electron chi connectivity index (χ1n) is 5.28. The number of methoxy groups -OCH3 is 1. The molecule has 1 aromatic carbocycles. The largest absolute Gasteiger partial charge is 0.481 e. The van der Waals surface area contributed by atoms with Crippen molar-refractivity contribution in [2.75, 3.05) is 7.11 Å². The van der Waals surface area contributed by atoms with E-state index >= 15 is 0 Å². The van der Waals surface area contributed by atoms with Crippen LogP contribution >= 0.6 is 35.0 Å². The van der Waals surface area contributed by atoms with Crippen LogP contribution in [0.4, 0.5) is 0 Å². The zero-order valence-corrected chi connectivity index (χ0v) is 12.2. The Kier molecular flexibility index (Phi) is 4.69. The summed E-state index contributed by atoms with van der Waals surface area (Å²) < 4.78 is 4.98. The molecule has 0 bridgehead atoms. The third-order valence-electron chi connectivity index (χ3n) is 2.24. The number of hydrogen-bond acceptors (Lipinski definition) is 4. The Balaban J connectivity index is 2.18. The second kappa shape index (κ2) is 6.28. The molecule has 0 saturated carbocycles. The molecule has 0 aliphatic heterocycles. The molecule has 1 heterocycles. The van der Waals surface area contributed by atoms with Crippen LogP contribution in [-0.2, 0) is 0 Å². The van der Waals surface area contributed by atoms with Crippen LogP contribution in [0.2, 0.25) is 10.0 Å². The molecule has 2 rings (SSSR count). The number of benzene rings is 1. The third kappa shape index (κ3) is 3.62. The van der Waals surface area contributed by atoms with Crippen LogP contribution in [0, 0.1) is 0 Å². The number of carbonyl (C=O) groups is 1. The van der Waals surface area contributed by atoms with Gasteiger partial charge in [-0.2, -0.15) is 0 Å². The Morgan fingerprint density at radius 1 is 1.21 bits per heavy atom. The molecular weight excluding hydrogens is 305 g/mol. The molecule has 0 saturated heterocycles. The SMILES string of the molecule is COc1cccc(C(=O)Sc2ccc(Cl)c(Cl)c2)n1. The molecule has 98 valence electrons. The summed E-state index contributed by atoms with van der Waals surface area (Å²) in [5, 5.41) is 0.688. The van der Waals surface area contributed by atoms with Gasteiger partial charge in [0.1, 0.15) is 5.69 Å². The topological polar surface area (TPSA) is 39.2 Å². The first-order valence-corrected chi connectivity index (χ1v) is 6.85. The van der Waals surface area contributed by atoms with E-state index in [4.69, 9.17) is 27.9 Å². The Hall–Kier alpha value is -1.23. The van der Waals surface area contributed by atoms with Crippen molar-refractivity contribution in [2.45, 2.75) is 4.90 Å². The average molecular weight is 314 g/mol. The van der Waals surface area contributed by atoms with Gasteiger partial charge in [-0.3, -0.25) is 4.79 Å². The van der Waals surface area contributed by atoms with Crippen LogP contribution < -0.4 is 4.74 Å². The maximum Gasteiger partial charge on any atom is 0.242 e. The Labute approximate surface area is 124 Å². The van der Waals surface area contributed by atoms with Crippen molar-refractivity contribution in [3.8, 4) is 5.88 Å². The van der Waals surface area contributed by atoms with E-state index in [0.717, 1.165) is 11.8 Å². The predicted octanol–water partition coefficient (Wildman–Crippen LogP) is 4.33. The average Bonchev–Trinajstić information content (AvgIpc) is 2.43. The number of nitrogens with zero attached hydrogens (tertiary/aromatic N) is 1. The van der Waals surface area contributed by atoms with Gasteiger partial charge in [-0.25, -0.2) is 4.98 Å². The van der Waals surface area contributed by atoms with E-state index < -0.39 is 0 Å². The summed E-state index contributed by atoms with van der Waals surface area (Å²) in [6.45, 7) is 0. The first-order chi connectivity index (χ1) is 9.10. The second-order valence-corrected chi connectivity index (χ2v) is 5.39. The molecule has 0 spiro atoms. The van der Waals surface area contributed by atoms with Crippen molar-refractivity contribution in [3.63, 3.8) is 0 Å². The fraction of sp³-hybridized carbons (Fsp3) is 0.0769. The Morgan fingerprint density at radius 2 is 2.00 bits per heavy atom. The van der Waals surface area contributed by atoms with Gasteiger partial charge in [0, 0.05) is 11.0 Å². The van der Waals surface area contributed by atoms with Crippen LogP contribution in [-0.4, -0.2) is 17.2 Å². The molecule has 2 aromatic rings. The highest BCUT2D eigenvalue weighted by Gasteiger charge is 2.11. The van der Waals surface area contributed by atoms with E-state index in [-0.39, 0.29) is 5.12 Å². The fourth-order valence-corrected chi connectivity index (χ4v) is 2.45. The maximum atomic E-state index is 12.0. The summed E-state index contributed by atoms with van der Waals surface area (Å²) in [4.78, 5) is 16.8. The van der Waals surface area contributed by atoms with Crippen molar-refractivity contribution in [1.82, 2.24) is 4.98 Å². The van der Waals surface area contributed by atoms with Gasteiger partial charge in [-0.05, 0) is 36.0 Å². The van der Waals surface area contributed by atoms with Gasteiger partial charge in [-0.1, -0.05) is 29.3 Å². The number of rotatable bonds is 3. The quantitative estimate of drug-likeness (QED) is 0.791. The number of carbonyl (C=O) groups excluding carboxylic acids is 1. The predicted molar refractivity (Wildman–Crippen MR) is 77.4 cm³/mol. The van der Waals surface area contributed by atoms with Crippen molar-refractivity contribution in [2.24, 2.45) is 0 Å². The highest BCUT2D eigenvalue weighted by atomic mass is 35.5. The van der Waals surface area contributed by atoms with Gasteiger partial charge in [-0.15, -0.1) is 0 Å². The van der Waals surface area contributed by atoms with E-state index in [0.29, 0.717) is 26.5 Å². The van der Waals surface area contributed by atoms with E-state index in [9.17, 15) is 4.79 Å². The van der Waals surface area contributed by atoms with Gasteiger partial charge >= 0.3 is 0 Å². The van der Waals surface area contributed by atoms with Gasteiger partial charge < -0.3 is 4.74 Å². The van der Waals surface area contributed by atoms with Gasteiger partial charge in [0.2, 0.25) is 11.0 Å². The lowest BCUT2D eigenvalue weighted by molar-refractivity contribution is 0.108. The number of ether oxygens (including phenoxy) is 1. The number of halogens is 2. The zero-order chi connectivity index (χ0) is 13.8. The minimum absolute atomic E-state index is 0.183. The minimum Gasteiger partial charge on any atom is -0.481 e. The molecule has 0 fully saturated rings. The molecule has 0 aliphatic carbocycles. The first kappa shape index (κ1) is 14.2. The van der Waals surface area contributed by atoms with Crippen LogP contribution in [0.25, 0.3) is 0 Å². The summed E-state index contributed by atoms with van der Waals surface area (Å²) >= 11 is 12.8. The summed E-state index contributed by atoms with van der Waals surface area (Å²) in [5.41, 5.74) is 0.329. The zero-order valence-electron chi connectivity index (χ0n) is 9.89. The molecule has 0 atom stereocenters. The molecule has 0 aliphatic rings. The molecule has 3 nitrogen and oxygen atoms in total. The molecular formula is C13H9Cl2NO2S. The molecule has 0 unspecified atom stereocenters. The Morgan fingerprint density at radius 3 is 2.68 bits per heavy atom. The van der Waals surface area contributed by atoms with E-state index in [2.05, 4.69) is 4.98 Å². The van der Waals surface area contributed by atoms with Gasteiger partial charge in [0.25, 0.3) is 0 Å². The molecule has 6 heteroatoms. The van der Waals surface area contributed by atoms with Gasteiger partial charge in [0.05, 0.1) is 17.2 Å². The van der Waals surface area contributed by atoms with Crippen molar-refractivity contribution < 1.29 is 9.53 Å². The highest BCUT2D eigenvalue weighted by molar-refractivity contribution is 8.14. The fourth-order valence-electron chi connectivity index (χ4n) is 1.34. The smallest absolute Gasteiger partial charge is 0.242 e. The number of aromatic nitrogens is 1. The summed E-state index contributed by atoms with van der Waals surface area (Å²) in [5.74, 6) is 0.403. The molecule has 0 amide bonds. The van der Waals surface area contributed by atoms with Crippen LogP contribution in [0.15, 0.2) is 41.3 Å². The van der Waals surface area contributed by atoms with Crippen molar-refractivity contribution in [1.29, 1.82) is 0 Å². The summed E-state index contributed by atoms with van der Waals surface area (Å²) in [6, 6.07) is 10.1. The van der Waals surface area contributed by atoms with Gasteiger partial charge in [0.15, 0.2) is 0 Å². The second-order valence-electron chi connectivity index (χ2n) is 3.53. The molecule has 0 radical (unpaired) electrons. The molecule has 19 heavy (non-hydrogen) atoms. The number of hydrogen-bond donors (Lipinski definition) is 0. The normalized spacial score (nSPS) is 10.3. The summed E-state index contributed by atoms with van der Waals surface area (Å²) in [6.07, 6.45) is 0. The Bertz CT molecular complexity index is 619. The van der Waals surface area contributed by atoms with Crippen LogP contribution in [0.3, 0.4) is 0 Å². The lowest BCUT2D eigenvalue weighted by Gasteiger charge is -2.03. The standard InChI is InChI=1S/C13H9Cl2NO2S/c1-18-12-4-2-3-11(16-12)13(17)19-8-5-6-9(14)10(15)7-8/h2-7H,1H3. The van der Waals surface area contributed by atoms with Crippen LogP contribution in [0.5, 0.6) is 5.88 Å². The van der Waals surface area contributed by atoms with Crippen molar-refractivity contribution >= 4 is 40.1 Å². The summed E-state index contributed by atoms with van der Waals surface area (Å²) in [7, 11) is 1.50. The number of pyridine rings is 1. The van der Waals surface area contributed by atoms with E-state index in [1.54, 1.807) is 36.4 Å². The van der Waals surface area contributed by atoms with E-state index in [1.807, 2.05) is 0 Å². The van der Waals surface area contributed by atoms with Crippen molar-refractivity contribution in [3.05, 3.63) is 52.1 Å². The minimum atomic E-state index is -0.183. The molecule has 0 N–H and O–H groups in total. The van der Waals surface area contributed by atoms with E-state index in [1.165, 1.54) is 7.11 Å². The number of thioether (sulfide) groups is 1. The van der Waals surface area contributed by atoms with Crippen LogP contribution in [0.1, 0.15) is 10.5 Å². The molecule has 1 aromatic heterocycles. The highest BCUT2D eigenvalue weighted by Crippen LogP contribution is 2.29. The maximum absolute atomic E-state index is 12.0. The lowest BCUT2D eigenvalue weighted by Crippen LogP contribution is -1.98.